The number of carbonyl (C=O) groups excluding carboxylic acids is 1. The Kier molecular flexibility index (Phi) is 5.81. The van der Waals surface area contributed by atoms with Crippen LogP contribution in [0.2, 0.25) is 0 Å². The van der Waals surface area contributed by atoms with Crippen molar-refractivity contribution in [2.45, 2.75) is 37.3 Å². The van der Waals surface area contributed by atoms with E-state index >= 15 is 0 Å². The predicted octanol–water partition coefficient (Wildman–Crippen LogP) is 2.40. The molecule has 0 aromatic carbocycles. The monoisotopic (exact) mass is 302 g/mol. The van der Waals surface area contributed by atoms with E-state index in [9.17, 15) is 9.59 Å². The van der Waals surface area contributed by atoms with Gasteiger partial charge in [0.1, 0.15) is 4.88 Å². The lowest BCUT2D eigenvalue weighted by molar-refractivity contribution is -0.120. The zero-order chi connectivity index (χ0) is 14.6. The van der Waals surface area contributed by atoms with Gasteiger partial charge in [-0.05, 0) is 19.8 Å². The lowest BCUT2D eigenvalue weighted by Crippen LogP contribution is -2.33. The van der Waals surface area contributed by atoms with Crippen LogP contribution in [0.4, 0.5) is 0 Å². The van der Waals surface area contributed by atoms with Gasteiger partial charge in [0.2, 0.25) is 5.91 Å². The molecule has 1 unspecified atom stereocenters. The summed E-state index contributed by atoms with van der Waals surface area (Å²) in [4.78, 5) is 27.1. The van der Waals surface area contributed by atoms with Crippen molar-refractivity contribution in [1.29, 1.82) is 0 Å². The molecule has 0 radical (unpaired) electrons. The molecule has 1 amide bonds. The number of amides is 1. The third-order valence-corrected chi connectivity index (χ3v) is 4.64. The lowest BCUT2D eigenvalue weighted by atomic mass is 10.2. The minimum absolute atomic E-state index is 0.0524. The number of carbonyl (C=O) groups is 2. The van der Waals surface area contributed by atoms with Gasteiger partial charge >= 0.3 is 5.97 Å². The fourth-order valence-corrected chi connectivity index (χ4v) is 3.47. The molecule has 0 aliphatic heterocycles. The standard InChI is InChI=1S/C12H18N2O3S2/c1-6(2)5-13-10(15)8(4)18-12-14-7(3)9(19-12)11(16)17/h6,8H,5H2,1-4H3,(H,13,15)(H,16,17). The van der Waals surface area contributed by atoms with Crippen molar-refractivity contribution in [3.63, 3.8) is 0 Å². The lowest BCUT2D eigenvalue weighted by Gasteiger charge is -2.11. The van der Waals surface area contributed by atoms with Crippen molar-refractivity contribution in [1.82, 2.24) is 10.3 Å². The molecule has 19 heavy (non-hydrogen) atoms. The predicted molar refractivity (Wildman–Crippen MR) is 77.0 cm³/mol. The van der Waals surface area contributed by atoms with Gasteiger partial charge in [0.15, 0.2) is 4.34 Å². The highest BCUT2D eigenvalue weighted by Crippen LogP contribution is 2.30. The van der Waals surface area contributed by atoms with Crippen LogP contribution in [-0.2, 0) is 4.79 Å². The van der Waals surface area contributed by atoms with E-state index in [-0.39, 0.29) is 16.0 Å². The smallest absolute Gasteiger partial charge is 0.347 e. The largest absolute Gasteiger partial charge is 0.477 e. The third-order valence-electron chi connectivity index (χ3n) is 2.30. The van der Waals surface area contributed by atoms with Gasteiger partial charge in [-0.2, -0.15) is 0 Å². The summed E-state index contributed by atoms with van der Waals surface area (Å²) in [6, 6.07) is 0. The second-order valence-corrected chi connectivity index (χ2v) is 7.19. The van der Waals surface area contributed by atoms with Gasteiger partial charge in [-0.1, -0.05) is 25.6 Å². The fourth-order valence-electron chi connectivity index (χ4n) is 1.27. The first-order valence-electron chi connectivity index (χ1n) is 5.96. The maximum absolute atomic E-state index is 11.8. The molecule has 0 aliphatic carbocycles. The molecule has 0 aliphatic rings. The molecule has 0 bridgehead atoms. The third kappa shape index (κ3) is 4.83. The van der Waals surface area contributed by atoms with Crippen LogP contribution in [0, 0.1) is 12.8 Å². The number of hydrogen-bond acceptors (Lipinski definition) is 5. The normalized spacial score (nSPS) is 12.5. The number of rotatable bonds is 6. The first kappa shape index (κ1) is 16.0. The highest BCUT2D eigenvalue weighted by molar-refractivity contribution is 8.02. The molecule has 1 atom stereocenters. The van der Waals surface area contributed by atoms with Crippen molar-refractivity contribution < 1.29 is 14.7 Å². The zero-order valence-corrected chi connectivity index (χ0v) is 13.0. The first-order chi connectivity index (χ1) is 8.81. The summed E-state index contributed by atoms with van der Waals surface area (Å²) in [6.45, 7) is 8.15. The number of aryl methyl sites for hydroxylation is 1. The molecule has 1 heterocycles. The molecule has 5 nitrogen and oxygen atoms in total. The molecular formula is C12H18N2O3S2. The number of hydrogen-bond donors (Lipinski definition) is 2. The Labute approximate surface area is 120 Å². The Hall–Kier alpha value is -1.08. The second kappa shape index (κ2) is 6.91. The highest BCUT2D eigenvalue weighted by atomic mass is 32.2. The average Bonchev–Trinajstić information content (AvgIpc) is 2.67. The van der Waals surface area contributed by atoms with Crippen molar-refractivity contribution in [3.8, 4) is 0 Å². The van der Waals surface area contributed by atoms with E-state index in [2.05, 4.69) is 10.3 Å². The number of aromatic carboxylic acids is 1. The van der Waals surface area contributed by atoms with Crippen LogP contribution in [0.15, 0.2) is 4.34 Å². The Morgan fingerprint density at radius 3 is 2.53 bits per heavy atom. The topological polar surface area (TPSA) is 79.3 Å². The van der Waals surface area contributed by atoms with Gasteiger partial charge in [0.05, 0.1) is 10.9 Å². The van der Waals surface area contributed by atoms with Gasteiger partial charge in [-0.25, -0.2) is 9.78 Å². The molecule has 7 heteroatoms. The highest BCUT2D eigenvalue weighted by Gasteiger charge is 2.19. The Balaban J connectivity index is 2.61. The van der Waals surface area contributed by atoms with E-state index < -0.39 is 5.97 Å². The van der Waals surface area contributed by atoms with Gasteiger partial charge in [-0.15, -0.1) is 11.3 Å². The summed E-state index contributed by atoms with van der Waals surface area (Å²) >= 11 is 2.40. The minimum atomic E-state index is -0.973. The number of aromatic nitrogens is 1. The van der Waals surface area contributed by atoms with E-state index in [0.717, 1.165) is 11.3 Å². The van der Waals surface area contributed by atoms with Crippen molar-refractivity contribution >= 4 is 35.0 Å². The van der Waals surface area contributed by atoms with Gasteiger partial charge in [-0.3, -0.25) is 4.79 Å². The molecule has 106 valence electrons. The van der Waals surface area contributed by atoms with Gasteiger partial charge in [0.25, 0.3) is 0 Å². The number of thiazole rings is 1. The number of nitrogens with zero attached hydrogens (tertiary/aromatic N) is 1. The van der Waals surface area contributed by atoms with Crippen LogP contribution in [0.5, 0.6) is 0 Å². The molecule has 1 aromatic rings. The Bertz CT molecular complexity index is 472. The number of carboxylic acids is 1. The SMILES string of the molecule is Cc1nc(SC(C)C(=O)NCC(C)C)sc1C(=O)O. The Morgan fingerprint density at radius 2 is 2.05 bits per heavy atom. The second-order valence-electron chi connectivity index (χ2n) is 4.60. The average molecular weight is 302 g/mol. The van der Waals surface area contributed by atoms with Crippen molar-refractivity contribution in [2.75, 3.05) is 6.54 Å². The van der Waals surface area contributed by atoms with Crippen LogP contribution in [0.3, 0.4) is 0 Å². The molecule has 1 aromatic heterocycles. The maximum atomic E-state index is 11.8. The zero-order valence-electron chi connectivity index (χ0n) is 11.4. The summed E-state index contributed by atoms with van der Waals surface area (Å²) in [6.07, 6.45) is 0. The molecule has 1 rings (SSSR count). The molecule has 0 spiro atoms. The Morgan fingerprint density at radius 1 is 1.42 bits per heavy atom. The van der Waals surface area contributed by atoms with Crippen LogP contribution in [0.25, 0.3) is 0 Å². The van der Waals surface area contributed by atoms with E-state index in [4.69, 9.17) is 5.11 Å². The van der Waals surface area contributed by atoms with Crippen LogP contribution < -0.4 is 5.32 Å². The minimum Gasteiger partial charge on any atom is -0.477 e. The molecule has 0 fully saturated rings. The summed E-state index contributed by atoms with van der Waals surface area (Å²) < 4.78 is 0.613. The van der Waals surface area contributed by atoms with E-state index in [0.29, 0.717) is 22.5 Å². The van der Waals surface area contributed by atoms with Crippen molar-refractivity contribution in [3.05, 3.63) is 10.6 Å². The number of carboxylic acid groups (broad SMARTS) is 1. The molecule has 0 saturated carbocycles. The fraction of sp³-hybridized carbons (Fsp3) is 0.583. The number of thioether (sulfide) groups is 1. The first-order valence-corrected chi connectivity index (χ1v) is 7.66. The van der Waals surface area contributed by atoms with Crippen LogP contribution in [0.1, 0.15) is 36.1 Å². The summed E-state index contributed by atoms with van der Waals surface area (Å²) in [5, 5.41) is 11.5. The van der Waals surface area contributed by atoms with Crippen LogP contribution >= 0.6 is 23.1 Å². The quantitative estimate of drug-likeness (QED) is 0.789. The van der Waals surface area contributed by atoms with Crippen molar-refractivity contribution in [2.24, 2.45) is 5.92 Å². The van der Waals surface area contributed by atoms with E-state index in [1.54, 1.807) is 13.8 Å². The van der Waals surface area contributed by atoms with Gasteiger partial charge in [0, 0.05) is 6.54 Å². The molecule has 0 saturated heterocycles. The van der Waals surface area contributed by atoms with Gasteiger partial charge < -0.3 is 10.4 Å². The molecule has 2 N–H and O–H groups in total. The summed E-state index contributed by atoms with van der Waals surface area (Å²) in [5.41, 5.74) is 0.495. The number of nitrogens with one attached hydrogen (secondary N) is 1. The maximum Gasteiger partial charge on any atom is 0.347 e. The molecular weight excluding hydrogens is 284 g/mol. The van der Waals surface area contributed by atoms with E-state index in [1.807, 2.05) is 13.8 Å². The van der Waals surface area contributed by atoms with Crippen LogP contribution in [-0.4, -0.2) is 33.8 Å². The summed E-state index contributed by atoms with van der Waals surface area (Å²) in [5.74, 6) is -0.621. The summed E-state index contributed by atoms with van der Waals surface area (Å²) in [7, 11) is 0. The van der Waals surface area contributed by atoms with E-state index in [1.165, 1.54) is 11.8 Å².